The van der Waals surface area contributed by atoms with Gasteiger partial charge < -0.3 is 4.90 Å². The van der Waals surface area contributed by atoms with E-state index in [0.29, 0.717) is 11.6 Å². The number of aromatic amines is 1. The monoisotopic (exact) mass is 287 g/mol. The van der Waals surface area contributed by atoms with Crippen LogP contribution in [0.15, 0.2) is 30.3 Å². The summed E-state index contributed by atoms with van der Waals surface area (Å²) in [4.78, 5) is 14.1. The summed E-state index contributed by atoms with van der Waals surface area (Å²) in [7, 11) is 1.74. The van der Waals surface area contributed by atoms with Crippen LogP contribution in [0.25, 0.3) is 0 Å². The Morgan fingerprint density at radius 2 is 2.05 bits per heavy atom. The van der Waals surface area contributed by atoms with E-state index in [1.165, 1.54) is 12.1 Å². The van der Waals surface area contributed by atoms with Gasteiger partial charge in [-0.05, 0) is 43.5 Å². The molecule has 0 saturated heterocycles. The standard InChI is InChI=1S/C16H18FN3O/c1-10(11-5-7-13(17)8-6-11)20(2)16(21)15-9-14(18-19-15)12-3-4-12/h5-10,12H,3-4H2,1-2H3,(H,18,19). The van der Waals surface area contributed by atoms with Crippen molar-refractivity contribution in [2.45, 2.75) is 31.7 Å². The van der Waals surface area contributed by atoms with Crippen molar-refractivity contribution in [3.8, 4) is 0 Å². The van der Waals surface area contributed by atoms with Gasteiger partial charge >= 0.3 is 0 Å². The van der Waals surface area contributed by atoms with Crippen LogP contribution in [0.3, 0.4) is 0 Å². The highest BCUT2D eigenvalue weighted by molar-refractivity contribution is 5.92. The van der Waals surface area contributed by atoms with Gasteiger partial charge in [-0.15, -0.1) is 0 Å². The fraction of sp³-hybridized carbons (Fsp3) is 0.375. The first-order valence-corrected chi connectivity index (χ1v) is 7.14. The van der Waals surface area contributed by atoms with Gasteiger partial charge in [-0.2, -0.15) is 5.10 Å². The van der Waals surface area contributed by atoms with Gasteiger partial charge in [-0.1, -0.05) is 12.1 Å². The van der Waals surface area contributed by atoms with Crippen LogP contribution < -0.4 is 0 Å². The van der Waals surface area contributed by atoms with Crippen LogP contribution in [0.5, 0.6) is 0 Å². The lowest BCUT2D eigenvalue weighted by Gasteiger charge is -2.24. The Labute approximate surface area is 123 Å². The van der Waals surface area contributed by atoms with Gasteiger partial charge in [0.25, 0.3) is 5.91 Å². The van der Waals surface area contributed by atoms with Crippen molar-refractivity contribution < 1.29 is 9.18 Å². The molecular formula is C16H18FN3O. The van der Waals surface area contributed by atoms with Gasteiger partial charge in [0.05, 0.1) is 6.04 Å². The van der Waals surface area contributed by atoms with Crippen LogP contribution in [0, 0.1) is 5.82 Å². The van der Waals surface area contributed by atoms with Gasteiger partial charge in [0, 0.05) is 18.7 Å². The highest BCUT2D eigenvalue weighted by Crippen LogP contribution is 2.39. The molecule has 1 aliphatic carbocycles. The van der Waals surface area contributed by atoms with Crippen LogP contribution in [-0.2, 0) is 0 Å². The molecule has 110 valence electrons. The second-order valence-electron chi connectivity index (χ2n) is 5.63. The topological polar surface area (TPSA) is 49.0 Å². The van der Waals surface area contributed by atoms with E-state index in [2.05, 4.69) is 10.2 Å². The smallest absolute Gasteiger partial charge is 0.274 e. The first-order valence-electron chi connectivity index (χ1n) is 7.14. The number of amides is 1. The van der Waals surface area contributed by atoms with Crippen molar-refractivity contribution in [1.82, 2.24) is 15.1 Å². The highest BCUT2D eigenvalue weighted by Gasteiger charge is 2.28. The number of nitrogens with zero attached hydrogens (tertiary/aromatic N) is 2. The van der Waals surface area contributed by atoms with E-state index in [1.807, 2.05) is 13.0 Å². The largest absolute Gasteiger partial charge is 0.334 e. The summed E-state index contributed by atoms with van der Waals surface area (Å²) in [5.74, 6) is 0.134. The van der Waals surface area contributed by atoms with Crippen molar-refractivity contribution in [2.75, 3.05) is 7.05 Å². The minimum absolute atomic E-state index is 0.130. The Hall–Kier alpha value is -2.17. The lowest BCUT2D eigenvalue weighted by atomic mass is 10.1. The minimum Gasteiger partial charge on any atom is -0.334 e. The Bertz CT molecular complexity index is 646. The molecule has 1 aliphatic rings. The summed E-state index contributed by atoms with van der Waals surface area (Å²) in [6.45, 7) is 1.92. The van der Waals surface area contributed by atoms with E-state index in [-0.39, 0.29) is 17.8 Å². The summed E-state index contributed by atoms with van der Waals surface area (Å²) < 4.78 is 13.0. The first-order chi connectivity index (χ1) is 10.1. The molecule has 0 bridgehead atoms. The lowest BCUT2D eigenvalue weighted by molar-refractivity contribution is 0.0736. The van der Waals surface area contributed by atoms with E-state index < -0.39 is 0 Å². The van der Waals surface area contributed by atoms with Crippen LogP contribution in [-0.4, -0.2) is 28.1 Å². The Kier molecular flexibility index (Phi) is 3.49. The van der Waals surface area contributed by atoms with Crippen molar-refractivity contribution in [2.24, 2.45) is 0 Å². The van der Waals surface area contributed by atoms with Gasteiger partial charge in [0.2, 0.25) is 0 Å². The summed E-state index contributed by atoms with van der Waals surface area (Å²) >= 11 is 0. The molecule has 0 spiro atoms. The molecule has 5 heteroatoms. The summed E-state index contributed by atoms with van der Waals surface area (Å²) in [6.07, 6.45) is 2.33. The molecule has 1 aromatic heterocycles. The zero-order valence-corrected chi connectivity index (χ0v) is 12.1. The fourth-order valence-electron chi connectivity index (χ4n) is 2.37. The molecule has 1 amide bonds. The summed E-state index contributed by atoms with van der Waals surface area (Å²) in [5.41, 5.74) is 2.37. The number of carbonyl (C=O) groups is 1. The molecule has 4 nitrogen and oxygen atoms in total. The fourth-order valence-corrected chi connectivity index (χ4v) is 2.37. The van der Waals surface area contributed by atoms with Crippen LogP contribution >= 0.6 is 0 Å². The average Bonchev–Trinajstić information content (AvgIpc) is 3.23. The normalized spacial score (nSPS) is 15.8. The van der Waals surface area contributed by atoms with Gasteiger partial charge in [-0.3, -0.25) is 9.89 Å². The Morgan fingerprint density at radius 1 is 1.38 bits per heavy atom. The predicted octanol–water partition coefficient (Wildman–Crippen LogP) is 3.26. The van der Waals surface area contributed by atoms with E-state index in [1.54, 1.807) is 24.1 Å². The maximum atomic E-state index is 13.0. The zero-order valence-electron chi connectivity index (χ0n) is 12.1. The van der Waals surface area contributed by atoms with Gasteiger partial charge in [0.15, 0.2) is 0 Å². The van der Waals surface area contributed by atoms with Crippen molar-refractivity contribution in [1.29, 1.82) is 0 Å². The number of carbonyl (C=O) groups excluding carboxylic acids is 1. The minimum atomic E-state index is -0.277. The van der Waals surface area contributed by atoms with Gasteiger partial charge in [0.1, 0.15) is 11.5 Å². The number of halogens is 1. The number of nitrogens with one attached hydrogen (secondary N) is 1. The third-order valence-corrected chi connectivity index (χ3v) is 4.09. The Balaban J connectivity index is 1.74. The van der Waals surface area contributed by atoms with Crippen LogP contribution in [0.2, 0.25) is 0 Å². The van der Waals surface area contributed by atoms with Crippen molar-refractivity contribution in [3.05, 3.63) is 53.1 Å². The first kappa shape index (κ1) is 13.8. The number of H-pyrrole nitrogens is 1. The van der Waals surface area contributed by atoms with Crippen LogP contribution in [0.4, 0.5) is 4.39 Å². The van der Waals surface area contributed by atoms with Crippen molar-refractivity contribution in [3.63, 3.8) is 0 Å². The van der Waals surface area contributed by atoms with Gasteiger partial charge in [-0.25, -0.2) is 4.39 Å². The lowest BCUT2D eigenvalue weighted by Crippen LogP contribution is -2.29. The van der Waals surface area contributed by atoms with Crippen LogP contribution in [0.1, 0.15) is 53.5 Å². The molecule has 0 radical (unpaired) electrons. The third kappa shape index (κ3) is 2.82. The summed E-state index contributed by atoms with van der Waals surface area (Å²) in [5, 5.41) is 7.05. The number of hydrogen-bond donors (Lipinski definition) is 1. The molecule has 1 saturated carbocycles. The SMILES string of the molecule is CC(c1ccc(F)cc1)N(C)C(=O)c1cc(C2CC2)[nH]n1. The van der Waals surface area contributed by atoms with E-state index in [0.717, 1.165) is 24.1 Å². The Morgan fingerprint density at radius 3 is 2.67 bits per heavy atom. The second kappa shape index (κ2) is 5.31. The summed E-state index contributed by atoms with van der Waals surface area (Å²) in [6, 6.07) is 7.91. The predicted molar refractivity (Wildman–Crippen MR) is 77.5 cm³/mol. The molecule has 1 aromatic carbocycles. The second-order valence-corrected chi connectivity index (χ2v) is 5.63. The van der Waals surface area contributed by atoms with E-state index in [4.69, 9.17) is 0 Å². The molecule has 1 unspecified atom stereocenters. The average molecular weight is 287 g/mol. The molecule has 1 fully saturated rings. The molecule has 21 heavy (non-hydrogen) atoms. The molecular weight excluding hydrogens is 269 g/mol. The number of aromatic nitrogens is 2. The molecule has 1 N–H and O–H groups in total. The van der Waals surface area contributed by atoms with E-state index in [9.17, 15) is 9.18 Å². The molecule has 3 rings (SSSR count). The number of hydrogen-bond acceptors (Lipinski definition) is 2. The quantitative estimate of drug-likeness (QED) is 0.938. The number of rotatable bonds is 4. The highest BCUT2D eigenvalue weighted by atomic mass is 19.1. The number of benzene rings is 1. The third-order valence-electron chi connectivity index (χ3n) is 4.09. The molecule has 1 heterocycles. The maximum Gasteiger partial charge on any atom is 0.274 e. The molecule has 0 aliphatic heterocycles. The molecule has 2 aromatic rings. The molecule has 1 atom stereocenters. The van der Waals surface area contributed by atoms with E-state index >= 15 is 0 Å². The maximum absolute atomic E-state index is 13.0. The zero-order chi connectivity index (χ0) is 15.0. The van der Waals surface area contributed by atoms with Crippen molar-refractivity contribution >= 4 is 5.91 Å².